The number of aryl methyl sites for hydroxylation is 1. The van der Waals surface area contributed by atoms with Crippen molar-refractivity contribution in [3.8, 4) is 0 Å². The van der Waals surface area contributed by atoms with Crippen LogP contribution in [0.2, 0.25) is 0 Å². The summed E-state index contributed by atoms with van der Waals surface area (Å²) in [6.07, 6.45) is 0.706. The lowest BCUT2D eigenvalue weighted by atomic mass is 9.87. The topological polar surface area (TPSA) is 37.3 Å². The predicted molar refractivity (Wildman–Crippen MR) is 66.6 cm³/mol. The van der Waals surface area contributed by atoms with Gasteiger partial charge in [-0.05, 0) is 30.4 Å². The molecule has 1 N–H and O–H groups in total. The third-order valence-corrected chi connectivity index (χ3v) is 4.38. The van der Waals surface area contributed by atoms with Crippen molar-refractivity contribution < 1.29 is 9.90 Å². The molecule has 1 aromatic rings. The highest BCUT2D eigenvalue weighted by Crippen LogP contribution is 2.65. The van der Waals surface area contributed by atoms with E-state index in [-0.39, 0.29) is 5.41 Å². The summed E-state index contributed by atoms with van der Waals surface area (Å²) in [5, 5.41) is 9.49. The second kappa shape index (κ2) is 3.33. The van der Waals surface area contributed by atoms with E-state index in [4.69, 9.17) is 0 Å². The fraction of sp³-hybridized carbons (Fsp3) is 0.462. The lowest BCUT2D eigenvalue weighted by Crippen LogP contribution is -2.26. The van der Waals surface area contributed by atoms with Gasteiger partial charge in [0.15, 0.2) is 0 Å². The number of carboxylic acid groups (broad SMARTS) is 1. The standard InChI is InChI=1S/C13H15BrO2/c1-8-4-5-10(14)9(6-8)13(11(15)16)7-12(13,2)3/h4-6H,7H2,1-3H3,(H,15,16). The molecule has 1 unspecified atom stereocenters. The maximum atomic E-state index is 11.5. The van der Waals surface area contributed by atoms with Gasteiger partial charge in [0.25, 0.3) is 0 Å². The Morgan fingerprint density at radius 3 is 2.44 bits per heavy atom. The summed E-state index contributed by atoms with van der Waals surface area (Å²) in [6.45, 7) is 6.01. The molecular weight excluding hydrogens is 268 g/mol. The number of hydrogen-bond acceptors (Lipinski definition) is 1. The molecule has 0 aromatic heterocycles. The quantitative estimate of drug-likeness (QED) is 0.901. The average molecular weight is 283 g/mol. The van der Waals surface area contributed by atoms with Gasteiger partial charge in [-0.25, -0.2) is 0 Å². The Bertz CT molecular complexity index is 465. The molecule has 86 valence electrons. The zero-order chi connectivity index (χ0) is 12.1. The largest absolute Gasteiger partial charge is 0.481 e. The molecule has 0 saturated heterocycles. The Labute approximate surface area is 104 Å². The van der Waals surface area contributed by atoms with Gasteiger partial charge in [0, 0.05) is 4.47 Å². The van der Waals surface area contributed by atoms with E-state index in [1.165, 1.54) is 0 Å². The molecule has 0 spiro atoms. The van der Waals surface area contributed by atoms with Gasteiger partial charge in [-0.2, -0.15) is 0 Å². The van der Waals surface area contributed by atoms with Crippen LogP contribution in [0.4, 0.5) is 0 Å². The molecule has 16 heavy (non-hydrogen) atoms. The maximum Gasteiger partial charge on any atom is 0.314 e. The van der Waals surface area contributed by atoms with Crippen LogP contribution in [-0.4, -0.2) is 11.1 Å². The summed E-state index contributed by atoms with van der Waals surface area (Å²) in [4.78, 5) is 11.5. The van der Waals surface area contributed by atoms with Crippen molar-refractivity contribution in [3.63, 3.8) is 0 Å². The number of aliphatic carboxylic acids is 1. The average Bonchev–Trinajstić information content (AvgIpc) is 2.75. The summed E-state index contributed by atoms with van der Waals surface area (Å²) in [7, 11) is 0. The first-order valence-corrected chi connectivity index (χ1v) is 6.10. The van der Waals surface area contributed by atoms with E-state index in [0.717, 1.165) is 15.6 Å². The fourth-order valence-corrected chi connectivity index (χ4v) is 3.11. The number of hydrogen-bond donors (Lipinski definition) is 1. The zero-order valence-corrected chi connectivity index (χ0v) is 11.3. The van der Waals surface area contributed by atoms with E-state index in [0.29, 0.717) is 6.42 Å². The SMILES string of the molecule is Cc1ccc(Br)c(C2(C(=O)O)CC2(C)C)c1. The molecule has 1 aliphatic rings. The smallest absolute Gasteiger partial charge is 0.314 e. The molecule has 3 heteroatoms. The lowest BCUT2D eigenvalue weighted by molar-refractivity contribution is -0.141. The summed E-state index contributed by atoms with van der Waals surface area (Å²) in [5.41, 5.74) is 1.14. The summed E-state index contributed by atoms with van der Waals surface area (Å²) >= 11 is 3.46. The first-order chi connectivity index (χ1) is 7.31. The van der Waals surface area contributed by atoms with E-state index >= 15 is 0 Å². The molecule has 0 amide bonds. The van der Waals surface area contributed by atoms with Crippen molar-refractivity contribution >= 4 is 21.9 Å². The molecular formula is C13H15BrO2. The molecule has 1 atom stereocenters. The van der Waals surface area contributed by atoms with E-state index in [9.17, 15) is 9.90 Å². The van der Waals surface area contributed by atoms with Crippen molar-refractivity contribution in [1.82, 2.24) is 0 Å². The lowest BCUT2D eigenvalue weighted by Gasteiger charge is -2.18. The van der Waals surface area contributed by atoms with Crippen LogP contribution < -0.4 is 0 Å². The van der Waals surface area contributed by atoms with Crippen LogP contribution in [0, 0.1) is 12.3 Å². The highest BCUT2D eigenvalue weighted by atomic mass is 79.9. The van der Waals surface area contributed by atoms with Gasteiger partial charge in [0.05, 0.1) is 5.41 Å². The second-order valence-electron chi connectivity index (χ2n) is 5.25. The van der Waals surface area contributed by atoms with E-state index < -0.39 is 11.4 Å². The Morgan fingerprint density at radius 2 is 2.00 bits per heavy atom. The minimum absolute atomic E-state index is 0.158. The minimum atomic E-state index is -0.719. The number of benzene rings is 1. The first-order valence-electron chi connectivity index (χ1n) is 5.31. The normalized spacial score (nSPS) is 26.5. The first kappa shape index (κ1) is 11.6. The number of rotatable bonds is 2. The number of carboxylic acids is 1. The molecule has 0 heterocycles. The van der Waals surface area contributed by atoms with Gasteiger partial charge in [-0.15, -0.1) is 0 Å². The second-order valence-corrected chi connectivity index (χ2v) is 6.11. The van der Waals surface area contributed by atoms with E-state index in [2.05, 4.69) is 15.9 Å². The molecule has 0 bridgehead atoms. The third kappa shape index (κ3) is 1.41. The minimum Gasteiger partial charge on any atom is -0.481 e. The summed E-state index contributed by atoms with van der Waals surface area (Å²) in [5.74, 6) is -0.719. The Morgan fingerprint density at radius 1 is 1.44 bits per heavy atom. The van der Waals surface area contributed by atoms with Gasteiger partial charge < -0.3 is 5.11 Å². The van der Waals surface area contributed by atoms with Crippen molar-refractivity contribution in [2.75, 3.05) is 0 Å². The van der Waals surface area contributed by atoms with Crippen LogP contribution in [0.15, 0.2) is 22.7 Å². The van der Waals surface area contributed by atoms with Crippen molar-refractivity contribution in [2.24, 2.45) is 5.41 Å². The van der Waals surface area contributed by atoms with Crippen LogP contribution in [0.25, 0.3) is 0 Å². The van der Waals surface area contributed by atoms with Gasteiger partial charge in [-0.1, -0.05) is 47.5 Å². The van der Waals surface area contributed by atoms with Gasteiger partial charge >= 0.3 is 5.97 Å². The van der Waals surface area contributed by atoms with Crippen LogP contribution in [0.1, 0.15) is 31.4 Å². The highest BCUT2D eigenvalue weighted by molar-refractivity contribution is 9.10. The van der Waals surface area contributed by atoms with Gasteiger partial charge in [0.1, 0.15) is 0 Å². The molecule has 2 rings (SSSR count). The predicted octanol–water partition coefficient (Wildman–Crippen LogP) is 3.51. The van der Waals surface area contributed by atoms with Crippen molar-refractivity contribution in [2.45, 2.75) is 32.6 Å². The van der Waals surface area contributed by atoms with Crippen LogP contribution >= 0.6 is 15.9 Å². The highest BCUT2D eigenvalue weighted by Gasteiger charge is 2.68. The molecule has 1 aromatic carbocycles. The molecule has 1 fully saturated rings. The Balaban J connectivity index is 2.59. The van der Waals surface area contributed by atoms with Crippen LogP contribution in [0.5, 0.6) is 0 Å². The maximum absolute atomic E-state index is 11.5. The van der Waals surface area contributed by atoms with E-state index in [1.54, 1.807) is 0 Å². The zero-order valence-electron chi connectivity index (χ0n) is 9.67. The van der Waals surface area contributed by atoms with Crippen LogP contribution in [0.3, 0.4) is 0 Å². The van der Waals surface area contributed by atoms with Crippen molar-refractivity contribution in [1.29, 1.82) is 0 Å². The summed E-state index contributed by atoms with van der Waals surface area (Å²) < 4.78 is 0.895. The molecule has 1 aliphatic carbocycles. The van der Waals surface area contributed by atoms with Gasteiger partial charge in [0.2, 0.25) is 0 Å². The monoisotopic (exact) mass is 282 g/mol. The molecule has 0 aliphatic heterocycles. The Kier molecular flexibility index (Phi) is 2.42. The fourth-order valence-electron chi connectivity index (χ4n) is 2.52. The molecule has 2 nitrogen and oxygen atoms in total. The van der Waals surface area contributed by atoms with E-state index in [1.807, 2.05) is 39.0 Å². The molecule has 1 saturated carbocycles. The Hall–Kier alpha value is -0.830. The van der Waals surface area contributed by atoms with Crippen molar-refractivity contribution in [3.05, 3.63) is 33.8 Å². The third-order valence-electron chi connectivity index (χ3n) is 3.68. The van der Waals surface area contributed by atoms with Crippen LogP contribution in [-0.2, 0) is 10.2 Å². The number of halogens is 1. The summed E-state index contributed by atoms with van der Waals surface area (Å²) in [6, 6.07) is 5.90. The molecule has 0 radical (unpaired) electrons. The number of carbonyl (C=O) groups is 1. The van der Waals surface area contributed by atoms with Gasteiger partial charge in [-0.3, -0.25) is 4.79 Å².